The smallest absolute Gasteiger partial charge is 0.355 e. The van der Waals surface area contributed by atoms with E-state index in [0.29, 0.717) is 24.6 Å². The van der Waals surface area contributed by atoms with Gasteiger partial charge < -0.3 is 9.08 Å². The van der Waals surface area contributed by atoms with E-state index in [-0.39, 0.29) is 32.9 Å². The first-order valence-electron chi connectivity index (χ1n) is 13.1. The fourth-order valence-corrected chi connectivity index (χ4v) is 5.61. The number of alkyl halides is 12. The molecule has 2 aromatic heterocycles. The minimum atomic E-state index is -7.79. The van der Waals surface area contributed by atoms with Crippen LogP contribution in [-0.4, -0.2) is 74.1 Å². The molecule has 1 aliphatic rings. The van der Waals surface area contributed by atoms with Gasteiger partial charge in [-0.2, -0.15) is 71.5 Å². The number of carbonyl (C=O) groups excluding carboxylic acids is 1. The maximum Gasteiger partial charge on any atom is 0.460 e. The highest BCUT2D eigenvalue weighted by Gasteiger charge is 2.86. The third kappa shape index (κ3) is 6.01. The summed E-state index contributed by atoms with van der Waals surface area (Å²) in [6.07, 6.45) is -10.8. The molecule has 10 nitrogen and oxygen atoms in total. The zero-order valence-electron chi connectivity index (χ0n) is 24.1. The van der Waals surface area contributed by atoms with Gasteiger partial charge in [0, 0.05) is 25.4 Å². The van der Waals surface area contributed by atoms with Crippen molar-refractivity contribution in [1.29, 1.82) is 5.26 Å². The van der Waals surface area contributed by atoms with Gasteiger partial charge in [-0.15, -0.1) is 5.10 Å². The zero-order chi connectivity index (χ0) is 37.3. The van der Waals surface area contributed by atoms with E-state index in [1.165, 1.54) is 23.1 Å². The summed E-state index contributed by atoms with van der Waals surface area (Å²) in [5.74, 6) is -20.0. The van der Waals surface area contributed by atoms with Gasteiger partial charge >= 0.3 is 39.6 Å². The lowest BCUT2D eigenvalue weighted by Gasteiger charge is -2.32. The van der Waals surface area contributed by atoms with Gasteiger partial charge in [0.15, 0.2) is 11.4 Å². The average Bonchev–Trinajstić information content (AvgIpc) is 3.46. The van der Waals surface area contributed by atoms with Crippen molar-refractivity contribution in [3.05, 3.63) is 46.7 Å². The van der Waals surface area contributed by atoms with E-state index in [9.17, 15) is 71.2 Å². The fourth-order valence-electron chi connectivity index (χ4n) is 4.54. The van der Waals surface area contributed by atoms with Crippen LogP contribution in [0.2, 0.25) is 5.02 Å². The number of aromatic nitrogens is 4. The van der Waals surface area contributed by atoms with Crippen LogP contribution in [0.5, 0.6) is 5.88 Å². The number of rotatable bonds is 10. The van der Waals surface area contributed by atoms with Crippen LogP contribution in [0.1, 0.15) is 35.7 Å². The van der Waals surface area contributed by atoms with Crippen LogP contribution < -0.4 is 4.18 Å². The zero-order valence-corrected chi connectivity index (χ0v) is 25.7. The molecule has 2 heterocycles. The molecule has 0 radical (unpaired) electrons. The van der Waals surface area contributed by atoms with Crippen molar-refractivity contribution in [2.45, 2.75) is 54.8 Å². The van der Waals surface area contributed by atoms with Crippen LogP contribution in [0.4, 0.5) is 52.7 Å². The molecule has 0 aliphatic heterocycles. The van der Waals surface area contributed by atoms with Gasteiger partial charge in [-0.25, -0.2) is 9.36 Å². The van der Waals surface area contributed by atoms with E-state index in [1.54, 1.807) is 6.92 Å². The molecule has 0 unspecified atom stereocenters. The third-order valence-corrected chi connectivity index (χ3v) is 8.82. The molecule has 1 saturated carbocycles. The number of nitriles is 1. The normalized spacial score (nSPS) is 15.6. The first-order chi connectivity index (χ1) is 22.2. The molecular weight excluding hydrogens is 744 g/mol. The van der Waals surface area contributed by atoms with E-state index < -0.39 is 68.3 Å². The van der Waals surface area contributed by atoms with Crippen molar-refractivity contribution in [2.24, 2.45) is 7.05 Å². The summed E-state index contributed by atoms with van der Waals surface area (Å²) in [4.78, 5) is 14.5. The Kier molecular flexibility index (Phi) is 8.98. The van der Waals surface area contributed by atoms with Crippen molar-refractivity contribution in [2.75, 3.05) is 6.54 Å². The van der Waals surface area contributed by atoms with Gasteiger partial charge in [-0.1, -0.05) is 17.7 Å². The number of hydrogen-bond donors (Lipinski definition) is 0. The lowest BCUT2D eigenvalue weighted by molar-refractivity contribution is -0.382. The number of carbonyl (C=O) groups is 1. The molecule has 3 aromatic rings. The third-order valence-electron chi connectivity index (χ3n) is 7.23. The van der Waals surface area contributed by atoms with Crippen molar-refractivity contribution in [1.82, 2.24) is 24.5 Å². The molecule has 268 valence electrons. The monoisotopic (exact) mass is 760 g/mol. The molecule has 1 amide bonds. The first-order valence-corrected chi connectivity index (χ1v) is 14.9. The maximum absolute atomic E-state index is 14.2. The largest absolute Gasteiger partial charge is 0.460 e. The minimum Gasteiger partial charge on any atom is -0.355 e. The molecule has 1 aromatic carbocycles. The quantitative estimate of drug-likeness (QED) is 0.169. The molecular formula is C25H17ClF12N6O4S. The number of aryl methyl sites for hydroxylation is 1. The van der Waals surface area contributed by atoms with Crippen molar-refractivity contribution in [3.63, 3.8) is 0 Å². The van der Waals surface area contributed by atoms with E-state index >= 15 is 0 Å². The van der Waals surface area contributed by atoms with Gasteiger partial charge in [-0.05, 0) is 37.5 Å². The first kappa shape index (κ1) is 37.6. The Hall–Kier alpha value is -4.20. The van der Waals surface area contributed by atoms with Crippen LogP contribution in [0.15, 0.2) is 30.6 Å². The van der Waals surface area contributed by atoms with Crippen LogP contribution in [-0.2, 0) is 23.3 Å². The van der Waals surface area contributed by atoms with Crippen molar-refractivity contribution < 1.29 is 70.1 Å². The fraction of sp³-hybridized carbons (Fsp3) is 0.440. The van der Waals surface area contributed by atoms with Gasteiger partial charge in [0.25, 0.3) is 11.8 Å². The second-order valence-corrected chi connectivity index (χ2v) is 12.4. The van der Waals surface area contributed by atoms with Crippen molar-refractivity contribution >= 4 is 27.6 Å². The van der Waals surface area contributed by atoms with E-state index in [2.05, 4.69) is 20.4 Å². The highest BCUT2D eigenvalue weighted by Crippen LogP contribution is 2.55. The Morgan fingerprint density at radius 2 is 1.63 bits per heavy atom. The van der Waals surface area contributed by atoms with E-state index in [1.807, 2.05) is 0 Å². The van der Waals surface area contributed by atoms with Crippen LogP contribution >= 0.6 is 11.6 Å². The summed E-state index contributed by atoms with van der Waals surface area (Å²) in [5.41, 5.74) is -3.58. The van der Waals surface area contributed by atoms with E-state index in [0.717, 1.165) is 12.4 Å². The standard InChI is InChI=1S/C25H17ClF12N6O4S/c1-3-43(20(11-39)6-7-20)19(45)14-8-12(4-5-15(14)26)13-9-40-44(10-13)18-16(21(27,28)29)17(41-42(18)2)48-49(46,47)25(37,38)23(32,33)22(30,31)24(34,35)36/h4-5,8-10H,3,6-7H2,1-2H3. The second-order valence-electron chi connectivity index (χ2n) is 10.4. The number of benzene rings is 1. The van der Waals surface area contributed by atoms with E-state index in [4.69, 9.17) is 11.6 Å². The SMILES string of the molecule is CCN(C(=O)c1cc(-c2cnn(-c3c(C(F)(F)F)c(OS(=O)(=O)C(F)(F)C(F)(F)C(F)(F)C(F)(F)F)nn3C)c2)ccc1Cl)C1(C#N)CC1. The summed E-state index contributed by atoms with van der Waals surface area (Å²) < 4.78 is 190. The lowest BCUT2D eigenvalue weighted by Crippen LogP contribution is -2.63. The molecule has 24 heteroatoms. The van der Waals surface area contributed by atoms with Crippen LogP contribution in [0, 0.1) is 11.3 Å². The maximum atomic E-state index is 14.2. The van der Waals surface area contributed by atoms with Gasteiger partial charge in [-0.3, -0.25) is 4.79 Å². The summed E-state index contributed by atoms with van der Waals surface area (Å²) in [6, 6.07) is 5.79. The van der Waals surface area contributed by atoms with Gasteiger partial charge in [0.05, 0.1) is 22.9 Å². The summed E-state index contributed by atoms with van der Waals surface area (Å²) >= 11 is 6.20. The van der Waals surface area contributed by atoms with Gasteiger partial charge in [0.2, 0.25) is 0 Å². The Morgan fingerprint density at radius 3 is 2.12 bits per heavy atom. The Balaban J connectivity index is 1.76. The number of hydrogen-bond acceptors (Lipinski definition) is 7. The minimum absolute atomic E-state index is 0.0693. The summed E-state index contributed by atoms with van der Waals surface area (Å²) in [6.45, 7) is 1.72. The lowest BCUT2D eigenvalue weighted by atomic mass is 10.0. The van der Waals surface area contributed by atoms with Crippen LogP contribution in [0.3, 0.4) is 0 Å². The number of amides is 1. The molecule has 0 atom stereocenters. The molecule has 0 spiro atoms. The Bertz CT molecular complexity index is 1950. The predicted molar refractivity (Wildman–Crippen MR) is 141 cm³/mol. The number of nitrogens with zero attached hydrogens (tertiary/aromatic N) is 6. The van der Waals surface area contributed by atoms with Crippen LogP contribution in [0.25, 0.3) is 16.9 Å². The Morgan fingerprint density at radius 1 is 1.04 bits per heavy atom. The Labute approximate surface area is 271 Å². The molecule has 4 rings (SSSR count). The number of halogens is 13. The molecule has 0 bridgehead atoms. The highest BCUT2D eigenvalue weighted by atomic mass is 35.5. The summed E-state index contributed by atoms with van der Waals surface area (Å²) in [7, 11) is -7.17. The molecule has 1 fully saturated rings. The van der Waals surface area contributed by atoms with Crippen molar-refractivity contribution in [3.8, 4) is 28.9 Å². The second kappa shape index (κ2) is 11.7. The molecule has 1 aliphatic carbocycles. The predicted octanol–water partition coefficient (Wildman–Crippen LogP) is 6.60. The highest BCUT2D eigenvalue weighted by molar-refractivity contribution is 7.88. The molecule has 0 N–H and O–H groups in total. The molecule has 49 heavy (non-hydrogen) atoms. The van der Waals surface area contributed by atoms with Gasteiger partial charge in [0.1, 0.15) is 5.54 Å². The summed E-state index contributed by atoms with van der Waals surface area (Å²) in [5, 5.41) is 8.52. The topological polar surface area (TPSA) is 123 Å². The molecule has 0 saturated heterocycles. The average molecular weight is 761 g/mol.